The van der Waals surface area contributed by atoms with E-state index in [0.29, 0.717) is 0 Å². The van der Waals surface area contributed by atoms with Gasteiger partial charge in [0.15, 0.2) is 5.82 Å². The summed E-state index contributed by atoms with van der Waals surface area (Å²) in [4.78, 5) is 11.8. The second-order valence-corrected chi connectivity index (χ2v) is 4.68. The van der Waals surface area contributed by atoms with Gasteiger partial charge in [-0.1, -0.05) is 26.7 Å². The van der Waals surface area contributed by atoms with Crippen LogP contribution in [0.3, 0.4) is 0 Å². The van der Waals surface area contributed by atoms with E-state index in [0.717, 1.165) is 25.0 Å². The Hall–Kier alpha value is -1.69. The van der Waals surface area contributed by atoms with Crippen LogP contribution in [0.25, 0.3) is 0 Å². The number of benzene rings is 1. The van der Waals surface area contributed by atoms with E-state index in [9.17, 15) is 18.7 Å². The lowest BCUT2D eigenvalue weighted by Gasteiger charge is -2.20. The molecule has 0 aromatic heterocycles. The van der Waals surface area contributed by atoms with Gasteiger partial charge in [0.2, 0.25) is 0 Å². The van der Waals surface area contributed by atoms with Crippen LogP contribution in [0.4, 0.5) is 14.5 Å². The highest BCUT2D eigenvalue weighted by Crippen LogP contribution is 2.18. The fraction of sp³-hybridized carbons (Fsp3) is 0.500. The number of carbonyl (C=O) groups excluding carboxylic acids is 1. The number of nitrogens with two attached hydrogens (primary N) is 1. The summed E-state index contributed by atoms with van der Waals surface area (Å²) in [6, 6.07) is 1.99. The molecule has 1 aromatic rings. The average Bonchev–Trinajstić information content (AvgIpc) is 2.42. The molecule has 0 heterocycles. The molecule has 4 N–H and O–H groups in total. The van der Waals surface area contributed by atoms with Crippen molar-refractivity contribution in [3.05, 3.63) is 29.3 Å². The molecule has 0 saturated carbocycles. The van der Waals surface area contributed by atoms with E-state index in [1.54, 1.807) is 0 Å². The van der Waals surface area contributed by atoms with Crippen molar-refractivity contribution in [1.29, 1.82) is 0 Å². The highest BCUT2D eigenvalue weighted by Gasteiger charge is 2.21. The van der Waals surface area contributed by atoms with Crippen molar-refractivity contribution < 1.29 is 18.7 Å². The van der Waals surface area contributed by atoms with Crippen molar-refractivity contribution in [2.75, 3.05) is 12.3 Å². The maximum absolute atomic E-state index is 13.6. The Balaban J connectivity index is 2.76. The Morgan fingerprint density at radius 1 is 1.35 bits per heavy atom. The second-order valence-electron chi connectivity index (χ2n) is 4.68. The zero-order valence-electron chi connectivity index (χ0n) is 11.6. The van der Waals surface area contributed by atoms with Crippen LogP contribution in [0.5, 0.6) is 0 Å². The Morgan fingerprint density at radius 2 is 1.95 bits per heavy atom. The number of rotatable bonds is 6. The molecule has 0 fully saturated rings. The number of nitrogens with one attached hydrogen (secondary N) is 1. The molecule has 0 radical (unpaired) electrons. The lowest BCUT2D eigenvalue weighted by atomic mass is 9.96. The van der Waals surface area contributed by atoms with E-state index < -0.39 is 29.2 Å². The van der Waals surface area contributed by atoms with Crippen LogP contribution in [0.15, 0.2) is 12.1 Å². The summed E-state index contributed by atoms with van der Waals surface area (Å²) in [5.41, 5.74) is 4.29. The summed E-state index contributed by atoms with van der Waals surface area (Å²) in [5, 5.41) is 12.2. The number of hydrogen-bond acceptors (Lipinski definition) is 3. The number of hydrogen-bond donors (Lipinski definition) is 3. The minimum Gasteiger partial charge on any atom is -0.396 e. The fourth-order valence-corrected chi connectivity index (χ4v) is 2.06. The SMILES string of the molecule is CCC(CC)C(O)CNC(=O)c1c(F)ccc(N)c1F. The third kappa shape index (κ3) is 3.66. The lowest BCUT2D eigenvalue weighted by molar-refractivity contribution is 0.0810. The molecule has 112 valence electrons. The van der Waals surface area contributed by atoms with Crippen LogP contribution in [0.2, 0.25) is 0 Å². The maximum Gasteiger partial charge on any atom is 0.257 e. The Bertz CT molecular complexity index is 476. The number of anilines is 1. The third-order valence-electron chi connectivity index (χ3n) is 3.41. The number of amides is 1. The lowest BCUT2D eigenvalue weighted by Crippen LogP contribution is -2.36. The quantitative estimate of drug-likeness (QED) is 0.701. The maximum atomic E-state index is 13.6. The normalized spacial score (nSPS) is 12.5. The van der Waals surface area contributed by atoms with Gasteiger partial charge in [0.05, 0.1) is 11.8 Å². The highest BCUT2D eigenvalue weighted by atomic mass is 19.1. The summed E-state index contributed by atoms with van der Waals surface area (Å²) >= 11 is 0. The molecule has 0 aliphatic heterocycles. The monoisotopic (exact) mass is 286 g/mol. The van der Waals surface area contributed by atoms with Gasteiger partial charge in [-0.05, 0) is 18.1 Å². The van der Waals surface area contributed by atoms with E-state index in [2.05, 4.69) is 5.32 Å². The molecule has 0 bridgehead atoms. The topological polar surface area (TPSA) is 75.3 Å². The van der Waals surface area contributed by atoms with E-state index in [1.807, 2.05) is 13.8 Å². The van der Waals surface area contributed by atoms with Gasteiger partial charge in [0, 0.05) is 6.54 Å². The van der Waals surface area contributed by atoms with E-state index in [1.165, 1.54) is 0 Å². The first-order valence-electron chi connectivity index (χ1n) is 6.62. The van der Waals surface area contributed by atoms with Gasteiger partial charge < -0.3 is 16.2 Å². The molecule has 0 aliphatic rings. The molecule has 1 amide bonds. The van der Waals surface area contributed by atoms with Gasteiger partial charge in [-0.15, -0.1) is 0 Å². The van der Waals surface area contributed by atoms with E-state index >= 15 is 0 Å². The van der Waals surface area contributed by atoms with Crippen LogP contribution in [-0.4, -0.2) is 23.7 Å². The first-order valence-corrected chi connectivity index (χ1v) is 6.62. The number of nitrogen functional groups attached to an aromatic ring is 1. The van der Waals surface area contributed by atoms with E-state index in [4.69, 9.17) is 5.73 Å². The molecule has 0 spiro atoms. The standard InChI is InChI=1S/C14H20F2N2O2/c1-3-8(4-2)11(19)7-18-14(20)12-9(15)5-6-10(17)13(12)16/h5-6,8,11,19H,3-4,7,17H2,1-2H3,(H,18,20). The van der Waals surface area contributed by atoms with Gasteiger partial charge in [-0.2, -0.15) is 0 Å². The molecule has 1 rings (SSSR count). The van der Waals surface area contributed by atoms with Gasteiger partial charge >= 0.3 is 0 Å². The largest absolute Gasteiger partial charge is 0.396 e. The minimum absolute atomic E-state index is 0.0332. The van der Waals surface area contributed by atoms with Crippen molar-refractivity contribution in [3.63, 3.8) is 0 Å². The molecule has 1 aromatic carbocycles. The predicted molar refractivity (Wildman–Crippen MR) is 73.2 cm³/mol. The highest BCUT2D eigenvalue weighted by molar-refractivity contribution is 5.95. The third-order valence-corrected chi connectivity index (χ3v) is 3.41. The molecular weight excluding hydrogens is 266 g/mol. The smallest absolute Gasteiger partial charge is 0.257 e. The van der Waals surface area contributed by atoms with Gasteiger partial charge in [0.25, 0.3) is 5.91 Å². The summed E-state index contributed by atoms with van der Waals surface area (Å²) in [6.45, 7) is 3.80. The zero-order valence-corrected chi connectivity index (χ0v) is 11.6. The van der Waals surface area contributed by atoms with Crippen LogP contribution in [0.1, 0.15) is 37.0 Å². The Morgan fingerprint density at radius 3 is 2.50 bits per heavy atom. The molecule has 4 nitrogen and oxygen atoms in total. The van der Waals surface area contributed by atoms with Gasteiger partial charge in [0.1, 0.15) is 11.4 Å². The van der Waals surface area contributed by atoms with Crippen LogP contribution >= 0.6 is 0 Å². The van der Waals surface area contributed by atoms with Crippen molar-refractivity contribution in [3.8, 4) is 0 Å². The summed E-state index contributed by atoms with van der Waals surface area (Å²) < 4.78 is 27.1. The Kier molecular flexibility index (Phi) is 5.88. The molecule has 0 aliphatic carbocycles. The predicted octanol–water partition coefficient (Wildman–Crippen LogP) is 2.07. The Labute approximate surface area is 117 Å². The number of halogens is 2. The van der Waals surface area contributed by atoms with Crippen molar-refractivity contribution in [2.24, 2.45) is 5.92 Å². The van der Waals surface area contributed by atoms with Gasteiger partial charge in [-0.25, -0.2) is 8.78 Å². The number of aliphatic hydroxyl groups is 1. The van der Waals surface area contributed by atoms with E-state index in [-0.39, 0.29) is 18.2 Å². The zero-order chi connectivity index (χ0) is 15.3. The van der Waals surface area contributed by atoms with Crippen molar-refractivity contribution >= 4 is 11.6 Å². The molecular formula is C14H20F2N2O2. The van der Waals surface area contributed by atoms with Crippen LogP contribution < -0.4 is 11.1 Å². The van der Waals surface area contributed by atoms with Crippen molar-refractivity contribution in [2.45, 2.75) is 32.8 Å². The molecule has 1 atom stereocenters. The molecule has 20 heavy (non-hydrogen) atoms. The minimum atomic E-state index is -1.08. The molecule has 6 heteroatoms. The van der Waals surface area contributed by atoms with Crippen molar-refractivity contribution in [1.82, 2.24) is 5.32 Å². The average molecular weight is 286 g/mol. The number of carbonyl (C=O) groups is 1. The first kappa shape index (κ1) is 16.4. The first-order chi connectivity index (χ1) is 9.42. The summed E-state index contributed by atoms with van der Waals surface area (Å²) in [5.74, 6) is -2.95. The summed E-state index contributed by atoms with van der Waals surface area (Å²) in [7, 11) is 0. The molecule has 0 saturated heterocycles. The number of aliphatic hydroxyl groups excluding tert-OH is 1. The van der Waals surface area contributed by atoms with Crippen LogP contribution in [-0.2, 0) is 0 Å². The summed E-state index contributed by atoms with van der Waals surface area (Å²) in [6.07, 6.45) is 0.768. The molecule has 1 unspecified atom stereocenters. The van der Waals surface area contributed by atoms with Crippen LogP contribution in [0, 0.1) is 17.6 Å². The second kappa shape index (κ2) is 7.19. The fourth-order valence-electron chi connectivity index (χ4n) is 2.06. The van der Waals surface area contributed by atoms with Gasteiger partial charge in [-0.3, -0.25) is 4.79 Å².